The number of carbonyl (C=O) groups excluding carboxylic acids is 1. The Morgan fingerprint density at radius 1 is 1.15 bits per heavy atom. The summed E-state index contributed by atoms with van der Waals surface area (Å²) in [5.74, 6) is -0.579. The van der Waals surface area contributed by atoms with Crippen LogP contribution in [0.3, 0.4) is 0 Å². The number of hydrogen-bond donors (Lipinski definition) is 0. The number of hydrogen-bond acceptors (Lipinski definition) is 4. The molecule has 1 atom stereocenters. The molecule has 0 heterocycles. The standard InChI is InChI=1S/C15H13NO4/c1-11(12-6-3-2-4-7-12)20-15(17)13-8-5-9-14(10-13)16(18)19/h2-11H,1H3/t11-/m1/s1. The lowest BCUT2D eigenvalue weighted by Gasteiger charge is -2.13. The highest BCUT2D eigenvalue weighted by molar-refractivity contribution is 5.90. The van der Waals surface area contributed by atoms with Crippen molar-refractivity contribution in [2.24, 2.45) is 0 Å². The molecule has 0 unspecified atom stereocenters. The van der Waals surface area contributed by atoms with E-state index in [0.717, 1.165) is 5.56 Å². The van der Waals surface area contributed by atoms with Gasteiger partial charge in [-0.05, 0) is 18.6 Å². The third-order valence-corrected chi connectivity index (χ3v) is 2.85. The molecule has 0 saturated carbocycles. The molecule has 0 saturated heterocycles. The molecule has 20 heavy (non-hydrogen) atoms. The first-order chi connectivity index (χ1) is 9.58. The second-order valence-corrected chi connectivity index (χ2v) is 4.27. The Balaban J connectivity index is 2.12. The molecule has 0 radical (unpaired) electrons. The zero-order chi connectivity index (χ0) is 14.5. The fourth-order valence-electron chi connectivity index (χ4n) is 1.77. The Labute approximate surface area is 116 Å². The molecule has 5 nitrogen and oxygen atoms in total. The van der Waals surface area contributed by atoms with E-state index in [-0.39, 0.29) is 11.3 Å². The van der Waals surface area contributed by atoms with Crippen molar-refractivity contribution in [1.29, 1.82) is 0 Å². The summed E-state index contributed by atoms with van der Waals surface area (Å²) in [4.78, 5) is 22.1. The summed E-state index contributed by atoms with van der Waals surface area (Å²) in [5, 5.41) is 10.7. The van der Waals surface area contributed by atoms with Crippen molar-refractivity contribution in [2.75, 3.05) is 0 Å². The van der Waals surface area contributed by atoms with Gasteiger partial charge in [-0.25, -0.2) is 4.79 Å². The lowest BCUT2D eigenvalue weighted by Crippen LogP contribution is -2.09. The van der Waals surface area contributed by atoms with E-state index in [1.807, 2.05) is 30.3 Å². The van der Waals surface area contributed by atoms with Gasteiger partial charge in [-0.1, -0.05) is 36.4 Å². The molecule has 0 fully saturated rings. The van der Waals surface area contributed by atoms with Gasteiger partial charge in [0.05, 0.1) is 10.5 Å². The summed E-state index contributed by atoms with van der Waals surface area (Å²) in [6.07, 6.45) is -0.414. The number of non-ortho nitro benzene ring substituents is 1. The summed E-state index contributed by atoms with van der Waals surface area (Å²) >= 11 is 0. The minimum Gasteiger partial charge on any atom is -0.454 e. The first kappa shape index (κ1) is 13.7. The number of nitro benzene ring substituents is 1. The smallest absolute Gasteiger partial charge is 0.338 e. The van der Waals surface area contributed by atoms with Gasteiger partial charge in [0.15, 0.2) is 0 Å². The Kier molecular flexibility index (Phi) is 4.10. The number of esters is 1. The van der Waals surface area contributed by atoms with Crippen LogP contribution in [0.2, 0.25) is 0 Å². The lowest BCUT2D eigenvalue weighted by molar-refractivity contribution is -0.384. The van der Waals surface area contributed by atoms with Crippen LogP contribution in [0, 0.1) is 10.1 Å². The zero-order valence-corrected chi connectivity index (χ0v) is 10.9. The van der Waals surface area contributed by atoms with Gasteiger partial charge in [0.1, 0.15) is 6.10 Å². The van der Waals surface area contributed by atoms with E-state index in [1.165, 1.54) is 24.3 Å². The summed E-state index contributed by atoms with van der Waals surface area (Å²) < 4.78 is 5.30. The maximum absolute atomic E-state index is 12.0. The van der Waals surface area contributed by atoms with Crippen molar-refractivity contribution in [2.45, 2.75) is 13.0 Å². The van der Waals surface area contributed by atoms with Crippen molar-refractivity contribution in [3.05, 3.63) is 75.8 Å². The largest absolute Gasteiger partial charge is 0.454 e. The molecule has 0 aliphatic heterocycles. The Morgan fingerprint density at radius 2 is 1.85 bits per heavy atom. The number of nitro groups is 1. The first-order valence-corrected chi connectivity index (χ1v) is 6.08. The summed E-state index contributed by atoms with van der Waals surface area (Å²) in [5.41, 5.74) is 0.903. The van der Waals surface area contributed by atoms with Gasteiger partial charge in [-0.3, -0.25) is 10.1 Å². The monoisotopic (exact) mass is 271 g/mol. The summed E-state index contributed by atoms with van der Waals surface area (Å²) in [6.45, 7) is 1.75. The zero-order valence-electron chi connectivity index (χ0n) is 10.9. The van der Waals surface area contributed by atoms with E-state index in [2.05, 4.69) is 0 Å². The van der Waals surface area contributed by atoms with Crippen LogP contribution in [0.5, 0.6) is 0 Å². The normalized spacial score (nSPS) is 11.7. The third kappa shape index (κ3) is 3.20. The molecule has 0 N–H and O–H groups in total. The van der Waals surface area contributed by atoms with E-state index in [4.69, 9.17) is 4.74 Å². The fourth-order valence-corrected chi connectivity index (χ4v) is 1.77. The van der Waals surface area contributed by atoms with Crippen molar-refractivity contribution in [3.8, 4) is 0 Å². The quantitative estimate of drug-likeness (QED) is 0.484. The second kappa shape index (κ2) is 5.97. The molecular weight excluding hydrogens is 258 g/mol. The van der Waals surface area contributed by atoms with Gasteiger partial charge in [0.2, 0.25) is 0 Å². The maximum Gasteiger partial charge on any atom is 0.338 e. The molecule has 2 aromatic rings. The predicted molar refractivity (Wildman–Crippen MR) is 73.4 cm³/mol. The van der Waals surface area contributed by atoms with Crippen molar-refractivity contribution < 1.29 is 14.5 Å². The predicted octanol–water partition coefficient (Wildman–Crippen LogP) is 3.51. The minimum atomic E-state index is -0.579. The molecule has 5 heteroatoms. The third-order valence-electron chi connectivity index (χ3n) is 2.85. The van der Waals surface area contributed by atoms with Crippen LogP contribution in [-0.2, 0) is 4.74 Å². The fraction of sp³-hybridized carbons (Fsp3) is 0.133. The molecular formula is C15H13NO4. The van der Waals surface area contributed by atoms with Crippen LogP contribution < -0.4 is 0 Å². The van der Waals surface area contributed by atoms with Gasteiger partial charge in [0.25, 0.3) is 5.69 Å². The Bertz CT molecular complexity index is 625. The minimum absolute atomic E-state index is 0.133. The molecule has 0 aromatic heterocycles. The lowest BCUT2D eigenvalue weighted by atomic mass is 10.1. The van der Waals surface area contributed by atoms with Crippen LogP contribution >= 0.6 is 0 Å². The van der Waals surface area contributed by atoms with E-state index >= 15 is 0 Å². The van der Waals surface area contributed by atoms with Gasteiger partial charge < -0.3 is 4.74 Å². The van der Waals surface area contributed by atoms with Crippen LogP contribution in [-0.4, -0.2) is 10.9 Å². The van der Waals surface area contributed by atoms with Crippen LogP contribution in [0.25, 0.3) is 0 Å². The highest BCUT2D eigenvalue weighted by Crippen LogP contribution is 2.20. The number of rotatable bonds is 4. The number of nitrogens with zero attached hydrogens (tertiary/aromatic N) is 1. The number of carbonyl (C=O) groups is 1. The summed E-state index contributed by atoms with van der Waals surface area (Å²) in [7, 11) is 0. The SMILES string of the molecule is C[C@@H](OC(=O)c1cccc([N+](=O)[O-])c1)c1ccccc1. The second-order valence-electron chi connectivity index (χ2n) is 4.27. The number of benzene rings is 2. The van der Waals surface area contributed by atoms with Gasteiger partial charge in [0, 0.05) is 12.1 Å². The van der Waals surface area contributed by atoms with Crippen LogP contribution in [0.1, 0.15) is 28.9 Å². The van der Waals surface area contributed by atoms with E-state index in [9.17, 15) is 14.9 Å². The highest BCUT2D eigenvalue weighted by atomic mass is 16.6. The molecule has 2 aromatic carbocycles. The van der Waals surface area contributed by atoms with Crippen LogP contribution in [0.15, 0.2) is 54.6 Å². The van der Waals surface area contributed by atoms with Crippen LogP contribution in [0.4, 0.5) is 5.69 Å². The average molecular weight is 271 g/mol. The van der Waals surface area contributed by atoms with E-state index < -0.39 is 17.0 Å². The first-order valence-electron chi connectivity index (χ1n) is 6.08. The summed E-state index contributed by atoms with van der Waals surface area (Å²) in [6, 6.07) is 14.8. The maximum atomic E-state index is 12.0. The molecule has 0 aliphatic rings. The van der Waals surface area contributed by atoms with Gasteiger partial charge >= 0.3 is 5.97 Å². The van der Waals surface area contributed by atoms with Crippen molar-refractivity contribution in [1.82, 2.24) is 0 Å². The van der Waals surface area contributed by atoms with Crippen molar-refractivity contribution in [3.63, 3.8) is 0 Å². The van der Waals surface area contributed by atoms with E-state index in [0.29, 0.717) is 0 Å². The molecule has 2 rings (SSSR count). The molecule has 102 valence electrons. The molecule has 0 bridgehead atoms. The van der Waals surface area contributed by atoms with Gasteiger partial charge in [-0.2, -0.15) is 0 Å². The topological polar surface area (TPSA) is 69.4 Å². The molecule has 0 aliphatic carbocycles. The van der Waals surface area contributed by atoms with Crippen molar-refractivity contribution >= 4 is 11.7 Å². The number of ether oxygens (including phenoxy) is 1. The Hall–Kier alpha value is -2.69. The average Bonchev–Trinajstić information content (AvgIpc) is 2.48. The van der Waals surface area contributed by atoms with Gasteiger partial charge in [-0.15, -0.1) is 0 Å². The molecule has 0 spiro atoms. The molecule has 0 amide bonds. The highest BCUT2D eigenvalue weighted by Gasteiger charge is 2.16. The van der Waals surface area contributed by atoms with E-state index in [1.54, 1.807) is 6.92 Å². The Morgan fingerprint density at radius 3 is 2.50 bits per heavy atom.